The first kappa shape index (κ1) is 9.14. The SMILES string of the molecule is CN1[C-]=[As]c2ccccc21.[Li+]. The maximum Gasteiger partial charge on any atom is 1.00 e. The van der Waals surface area contributed by atoms with Gasteiger partial charge in [0.1, 0.15) is 0 Å². The average molecular weight is 199 g/mol. The van der Waals surface area contributed by atoms with E-state index < -0.39 is 0 Å². The standard InChI is InChI=1S/C8H7AsN.Li/c1-10-6-9-7-4-2-3-5-8(7)10;/h2-5H,1H3;/q-1;+1. The molecule has 0 radical (unpaired) electrons. The summed E-state index contributed by atoms with van der Waals surface area (Å²) in [4.78, 5) is 5.40. The molecule has 0 atom stereocenters. The van der Waals surface area contributed by atoms with Crippen LogP contribution < -0.4 is 28.1 Å². The van der Waals surface area contributed by atoms with E-state index in [1.165, 1.54) is 10.0 Å². The van der Waals surface area contributed by atoms with Gasteiger partial charge in [-0.05, 0) is 0 Å². The third-order valence-electron chi connectivity index (χ3n) is 1.56. The molecule has 3 heteroatoms. The normalized spacial score (nSPS) is 14.1. The fourth-order valence-electron chi connectivity index (χ4n) is 1.03. The van der Waals surface area contributed by atoms with E-state index in [0.29, 0.717) is 0 Å². The molecule has 0 aromatic heterocycles. The van der Waals surface area contributed by atoms with Gasteiger partial charge in [0.2, 0.25) is 0 Å². The maximum absolute atomic E-state index is 3.31. The average Bonchev–Trinajstić information content (AvgIpc) is 2.34. The molecule has 0 spiro atoms. The Labute approximate surface area is 85.2 Å². The predicted octanol–water partition coefficient (Wildman–Crippen LogP) is -2.89. The Morgan fingerprint density at radius 2 is 2.09 bits per heavy atom. The van der Waals surface area contributed by atoms with E-state index in [2.05, 4.69) is 41.1 Å². The van der Waals surface area contributed by atoms with Crippen LogP contribution in [0.15, 0.2) is 24.3 Å². The van der Waals surface area contributed by atoms with Crippen LogP contribution in [0.5, 0.6) is 0 Å². The number of para-hydroxylation sites is 1. The Hall–Kier alpha value is 0.0458. The van der Waals surface area contributed by atoms with Crippen molar-refractivity contribution in [1.29, 1.82) is 0 Å². The van der Waals surface area contributed by atoms with Crippen molar-refractivity contribution in [2.45, 2.75) is 0 Å². The monoisotopic (exact) mass is 199 g/mol. The molecular weight excluding hydrogens is 192 g/mol. The van der Waals surface area contributed by atoms with Crippen LogP contribution in [0.2, 0.25) is 0 Å². The fraction of sp³-hybridized carbons (Fsp3) is 0.125. The number of benzene rings is 1. The second-order valence-corrected chi connectivity index (χ2v) is 4.16. The Bertz CT molecular complexity index is 285. The number of rotatable bonds is 0. The zero-order valence-corrected chi connectivity index (χ0v) is 8.58. The molecule has 1 aliphatic heterocycles. The Balaban J connectivity index is 0.000000605. The molecule has 1 aliphatic rings. The summed E-state index contributed by atoms with van der Waals surface area (Å²) in [5.74, 6) is 0. The Morgan fingerprint density at radius 3 is 2.82 bits per heavy atom. The number of anilines is 1. The smallest absolute Gasteiger partial charge is 1.00 e. The molecule has 0 saturated heterocycles. The van der Waals surface area contributed by atoms with Crippen LogP contribution in [0.3, 0.4) is 0 Å². The summed E-state index contributed by atoms with van der Waals surface area (Å²) in [5, 5.41) is 0. The predicted molar refractivity (Wildman–Crippen MR) is 45.2 cm³/mol. The third-order valence-corrected chi connectivity index (χ3v) is 3.70. The topological polar surface area (TPSA) is 3.24 Å². The molecule has 1 nitrogen and oxygen atoms in total. The molecule has 1 heterocycles. The fourth-order valence-corrected chi connectivity index (χ4v) is 2.84. The molecule has 0 aliphatic carbocycles. The van der Waals surface area contributed by atoms with Crippen molar-refractivity contribution in [3.8, 4) is 0 Å². The van der Waals surface area contributed by atoms with E-state index in [0.717, 1.165) is 0 Å². The van der Waals surface area contributed by atoms with Gasteiger partial charge in [-0.1, -0.05) is 0 Å². The van der Waals surface area contributed by atoms with E-state index in [1.54, 1.807) is 0 Å². The van der Waals surface area contributed by atoms with Crippen LogP contribution in [-0.4, -0.2) is 27.3 Å². The molecule has 0 amide bonds. The maximum atomic E-state index is 3.31. The van der Waals surface area contributed by atoms with Gasteiger partial charge in [0.25, 0.3) is 0 Å². The zero-order chi connectivity index (χ0) is 6.97. The summed E-state index contributed by atoms with van der Waals surface area (Å²) in [6, 6.07) is 8.50. The van der Waals surface area contributed by atoms with Gasteiger partial charge in [-0.2, -0.15) is 0 Å². The first-order valence-corrected chi connectivity index (χ1v) is 5.05. The van der Waals surface area contributed by atoms with Crippen molar-refractivity contribution in [2.24, 2.45) is 0 Å². The van der Waals surface area contributed by atoms with Gasteiger partial charge in [-0.15, -0.1) is 0 Å². The van der Waals surface area contributed by atoms with E-state index >= 15 is 0 Å². The second kappa shape index (κ2) is 3.63. The second-order valence-electron chi connectivity index (χ2n) is 2.26. The molecule has 50 valence electrons. The summed E-state index contributed by atoms with van der Waals surface area (Å²) in [6.07, 6.45) is 0. The number of hydrogen-bond acceptors (Lipinski definition) is 1. The summed E-state index contributed by atoms with van der Waals surface area (Å²) in [7, 11) is 2.06. The quantitative estimate of drug-likeness (QED) is 0.320. The van der Waals surface area contributed by atoms with Gasteiger partial charge < -0.3 is 0 Å². The Kier molecular flexibility index (Phi) is 3.02. The number of fused-ring (bicyclic) bond motifs is 1. The van der Waals surface area contributed by atoms with Crippen molar-refractivity contribution in [1.82, 2.24) is 0 Å². The minimum Gasteiger partial charge on any atom is 1.00 e. The van der Waals surface area contributed by atoms with Gasteiger partial charge in [-0.25, -0.2) is 0 Å². The summed E-state index contributed by atoms with van der Waals surface area (Å²) in [6.45, 7) is 0. The minimum atomic E-state index is 0. The van der Waals surface area contributed by atoms with Crippen molar-refractivity contribution < 1.29 is 18.9 Å². The molecule has 0 N–H and O–H groups in total. The van der Waals surface area contributed by atoms with Gasteiger partial charge in [0.05, 0.1) is 0 Å². The number of hydrogen-bond donors (Lipinski definition) is 0. The minimum absolute atomic E-state index is 0. The van der Waals surface area contributed by atoms with E-state index in [4.69, 9.17) is 0 Å². The Morgan fingerprint density at radius 1 is 1.36 bits per heavy atom. The molecule has 0 bridgehead atoms. The van der Waals surface area contributed by atoms with Gasteiger partial charge >= 0.3 is 85.4 Å². The molecule has 2 rings (SSSR count). The molecule has 11 heavy (non-hydrogen) atoms. The van der Waals surface area contributed by atoms with Crippen LogP contribution in [0.4, 0.5) is 5.69 Å². The zero-order valence-electron chi connectivity index (χ0n) is 6.70. The summed E-state index contributed by atoms with van der Waals surface area (Å²) >= 11 is 0.192. The van der Waals surface area contributed by atoms with Crippen molar-refractivity contribution in [2.75, 3.05) is 11.9 Å². The van der Waals surface area contributed by atoms with Gasteiger partial charge in [0, 0.05) is 0 Å². The molecule has 0 unspecified atom stereocenters. The first-order chi connectivity index (χ1) is 4.88. The van der Waals surface area contributed by atoms with Crippen molar-refractivity contribution in [3.63, 3.8) is 0 Å². The molecule has 0 fully saturated rings. The van der Waals surface area contributed by atoms with Crippen LogP contribution in [0.1, 0.15) is 0 Å². The van der Waals surface area contributed by atoms with Crippen LogP contribution in [-0.2, 0) is 0 Å². The summed E-state index contributed by atoms with van der Waals surface area (Å²) in [5.41, 5.74) is 1.34. The van der Waals surface area contributed by atoms with Crippen LogP contribution >= 0.6 is 0 Å². The van der Waals surface area contributed by atoms with Crippen molar-refractivity contribution in [3.05, 3.63) is 24.3 Å². The third kappa shape index (κ3) is 1.62. The molecule has 1 aromatic carbocycles. The van der Waals surface area contributed by atoms with E-state index in [-0.39, 0.29) is 34.2 Å². The molecular formula is C8H7AsLiN. The molecule has 1 aromatic rings. The van der Waals surface area contributed by atoms with E-state index in [9.17, 15) is 0 Å². The first-order valence-electron chi connectivity index (χ1n) is 3.17. The van der Waals surface area contributed by atoms with Crippen molar-refractivity contribution >= 4 is 30.3 Å². The van der Waals surface area contributed by atoms with Crippen LogP contribution in [0, 0.1) is 0 Å². The molecule has 0 saturated carbocycles. The van der Waals surface area contributed by atoms with Gasteiger partial charge in [0.15, 0.2) is 0 Å². The van der Waals surface area contributed by atoms with Gasteiger partial charge in [-0.3, -0.25) is 0 Å². The summed E-state index contributed by atoms with van der Waals surface area (Å²) < 4.78 is 1.47. The van der Waals surface area contributed by atoms with E-state index in [1.807, 2.05) is 0 Å². The largest absolute Gasteiger partial charge is 1.00 e. The van der Waals surface area contributed by atoms with Crippen LogP contribution in [0.25, 0.3) is 0 Å². The number of nitrogens with zero attached hydrogens (tertiary/aromatic N) is 1.